The predicted molar refractivity (Wildman–Crippen MR) is 70.5 cm³/mol. The topological polar surface area (TPSA) is 64.9 Å². The molecular weight excluding hydrogens is 250 g/mol. The van der Waals surface area contributed by atoms with E-state index in [1.807, 2.05) is 31.2 Å². The first-order chi connectivity index (χ1) is 8.67. The summed E-state index contributed by atoms with van der Waals surface area (Å²) in [5.41, 5.74) is 6.94. The molecular formula is C13H16ClN3O. The highest BCUT2D eigenvalue weighted by Crippen LogP contribution is 2.13. The maximum absolute atomic E-state index is 5.85. The zero-order valence-electron chi connectivity index (χ0n) is 10.3. The van der Waals surface area contributed by atoms with Crippen molar-refractivity contribution >= 4 is 11.6 Å². The molecule has 1 heterocycles. The van der Waals surface area contributed by atoms with Gasteiger partial charge in [-0.2, -0.15) is 4.98 Å². The molecule has 0 aliphatic heterocycles. The molecule has 1 aromatic heterocycles. The molecule has 18 heavy (non-hydrogen) atoms. The maximum Gasteiger partial charge on any atom is 0.231 e. The lowest BCUT2D eigenvalue weighted by molar-refractivity contribution is 0.377. The minimum absolute atomic E-state index is 0.0889. The van der Waals surface area contributed by atoms with Crippen molar-refractivity contribution in [2.24, 2.45) is 5.73 Å². The SMILES string of the molecule is CCC(N)Cc1noc(Cc2ccc(Cl)cc2)n1. The molecule has 0 radical (unpaired) electrons. The van der Waals surface area contributed by atoms with Crippen LogP contribution in [0.2, 0.25) is 5.02 Å². The molecule has 1 aromatic carbocycles. The average Bonchev–Trinajstić information content (AvgIpc) is 2.79. The Balaban J connectivity index is 2.00. The second kappa shape index (κ2) is 5.98. The Kier molecular flexibility index (Phi) is 4.33. The minimum Gasteiger partial charge on any atom is -0.339 e. The van der Waals surface area contributed by atoms with E-state index in [1.54, 1.807) is 0 Å². The summed E-state index contributed by atoms with van der Waals surface area (Å²) in [6, 6.07) is 7.68. The Hall–Kier alpha value is -1.39. The first-order valence-corrected chi connectivity index (χ1v) is 6.36. The van der Waals surface area contributed by atoms with Crippen molar-refractivity contribution in [3.63, 3.8) is 0 Å². The van der Waals surface area contributed by atoms with Gasteiger partial charge in [0.1, 0.15) is 0 Å². The van der Waals surface area contributed by atoms with Crippen LogP contribution >= 0.6 is 11.6 Å². The normalized spacial score (nSPS) is 12.6. The van der Waals surface area contributed by atoms with Crippen LogP contribution in [0.25, 0.3) is 0 Å². The van der Waals surface area contributed by atoms with Gasteiger partial charge in [0.05, 0.1) is 6.42 Å². The number of hydrogen-bond acceptors (Lipinski definition) is 4. The van der Waals surface area contributed by atoms with Crippen LogP contribution in [0.15, 0.2) is 28.8 Å². The number of rotatable bonds is 5. The van der Waals surface area contributed by atoms with Gasteiger partial charge in [0, 0.05) is 17.5 Å². The Morgan fingerprint density at radius 1 is 1.33 bits per heavy atom. The van der Waals surface area contributed by atoms with Crippen molar-refractivity contribution in [1.82, 2.24) is 10.1 Å². The molecule has 0 aliphatic carbocycles. The van der Waals surface area contributed by atoms with Gasteiger partial charge in [-0.05, 0) is 24.1 Å². The summed E-state index contributed by atoms with van der Waals surface area (Å²) in [5.74, 6) is 1.28. The van der Waals surface area contributed by atoms with Crippen molar-refractivity contribution in [2.45, 2.75) is 32.2 Å². The molecule has 2 rings (SSSR count). The maximum atomic E-state index is 5.85. The zero-order chi connectivity index (χ0) is 13.0. The highest BCUT2D eigenvalue weighted by Gasteiger charge is 2.10. The van der Waals surface area contributed by atoms with Crippen molar-refractivity contribution in [3.8, 4) is 0 Å². The molecule has 2 aromatic rings. The molecule has 0 spiro atoms. The third-order valence-electron chi connectivity index (χ3n) is 2.75. The van der Waals surface area contributed by atoms with Crippen molar-refractivity contribution < 1.29 is 4.52 Å². The number of nitrogens with zero attached hydrogens (tertiary/aromatic N) is 2. The van der Waals surface area contributed by atoms with E-state index in [2.05, 4.69) is 10.1 Å². The summed E-state index contributed by atoms with van der Waals surface area (Å²) < 4.78 is 5.19. The Morgan fingerprint density at radius 2 is 2.06 bits per heavy atom. The fourth-order valence-corrected chi connectivity index (χ4v) is 1.73. The van der Waals surface area contributed by atoms with Gasteiger partial charge in [0.25, 0.3) is 0 Å². The van der Waals surface area contributed by atoms with E-state index in [-0.39, 0.29) is 6.04 Å². The molecule has 5 heteroatoms. The second-order valence-electron chi connectivity index (χ2n) is 4.28. The first-order valence-electron chi connectivity index (χ1n) is 5.99. The fraction of sp³-hybridized carbons (Fsp3) is 0.385. The van der Waals surface area contributed by atoms with Crippen molar-refractivity contribution in [3.05, 3.63) is 46.6 Å². The van der Waals surface area contributed by atoms with Crippen LogP contribution in [-0.4, -0.2) is 16.2 Å². The lowest BCUT2D eigenvalue weighted by Gasteiger charge is -2.02. The highest BCUT2D eigenvalue weighted by molar-refractivity contribution is 6.30. The molecule has 0 amide bonds. The van der Waals surface area contributed by atoms with Gasteiger partial charge in [-0.25, -0.2) is 0 Å². The van der Waals surface area contributed by atoms with Gasteiger partial charge in [-0.3, -0.25) is 0 Å². The van der Waals surface area contributed by atoms with Crippen LogP contribution in [-0.2, 0) is 12.8 Å². The minimum atomic E-state index is 0.0889. The van der Waals surface area contributed by atoms with E-state index in [4.69, 9.17) is 21.9 Å². The van der Waals surface area contributed by atoms with E-state index >= 15 is 0 Å². The molecule has 4 nitrogen and oxygen atoms in total. The standard InChI is InChI=1S/C13H16ClN3O/c1-2-11(15)8-12-16-13(18-17-12)7-9-3-5-10(14)6-4-9/h3-6,11H,2,7-8,15H2,1H3. The summed E-state index contributed by atoms with van der Waals surface area (Å²) in [6.07, 6.45) is 2.17. The van der Waals surface area contributed by atoms with E-state index in [9.17, 15) is 0 Å². The van der Waals surface area contributed by atoms with Gasteiger partial charge in [0.2, 0.25) is 5.89 Å². The summed E-state index contributed by atoms with van der Waals surface area (Å²) in [4.78, 5) is 4.33. The number of hydrogen-bond donors (Lipinski definition) is 1. The zero-order valence-corrected chi connectivity index (χ0v) is 11.0. The first kappa shape index (κ1) is 13.1. The number of benzene rings is 1. The molecule has 2 N–H and O–H groups in total. The second-order valence-corrected chi connectivity index (χ2v) is 4.72. The number of halogens is 1. The van der Waals surface area contributed by atoms with Crippen molar-refractivity contribution in [1.29, 1.82) is 0 Å². The van der Waals surface area contributed by atoms with Gasteiger partial charge < -0.3 is 10.3 Å². The Bertz CT molecular complexity index is 495. The Labute approximate surface area is 111 Å². The number of aromatic nitrogens is 2. The van der Waals surface area contributed by atoms with E-state index in [0.29, 0.717) is 24.6 Å². The van der Waals surface area contributed by atoms with Gasteiger partial charge in [-0.15, -0.1) is 0 Å². The third kappa shape index (κ3) is 3.55. The summed E-state index contributed by atoms with van der Waals surface area (Å²) in [6.45, 7) is 2.04. The van der Waals surface area contributed by atoms with E-state index < -0.39 is 0 Å². The molecule has 0 bridgehead atoms. The molecule has 1 unspecified atom stereocenters. The predicted octanol–water partition coefficient (Wildman–Crippen LogP) is 2.59. The summed E-state index contributed by atoms with van der Waals surface area (Å²) >= 11 is 5.83. The molecule has 1 atom stereocenters. The van der Waals surface area contributed by atoms with Crippen LogP contribution in [0.3, 0.4) is 0 Å². The third-order valence-corrected chi connectivity index (χ3v) is 3.00. The molecule has 0 fully saturated rings. The van der Waals surface area contributed by atoms with Crippen LogP contribution in [0.5, 0.6) is 0 Å². The highest BCUT2D eigenvalue weighted by atomic mass is 35.5. The molecule has 0 saturated carbocycles. The largest absolute Gasteiger partial charge is 0.339 e. The van der Waals surface area contributed by atoms with Gasteiger partial charge in [0.15, 0.2) is 5.82 Å². The van der Waals surface area contributed by atoms with Crippen LogP contribution in [0.1, 0.15) is 30.6 Å². The molecule has 96 valence electrons. The van der Waals surface area contributed by atoms with Crippen molar-refractivity contribution in [2.75, 3.05) is 0 Å². The number of nitrogens with two attached hydrogens (primary N) is 1. The smallest absolute Gasteiger partial charge is 0.231 e. The quantitative estimate of drug-likeness (QED) is 0.902. The van der Waals surface area contributed by atoms with Gasteiger partial charge in [-0.1, -0.05) is 35.8 Å². The monoisotopic (exact) mass is 265 g/mol. The lowest BCUT2D eigenvalue weighted by atomic mass is 10.1. The molecule has 0 aliphatic rings. The average molecular weight is 266 g/mol. The van der Waals surface area contributed by atoms with Crippen LogP contribution in [0, 0.1) is 0 Å². The Morgan fingerprint density at radius 3 is 2.72 bits per heavy atom. The summed E-state index contributed by atoms with van der Waals surface area (Å²) in [5, 5.41) is 4.65. The molecule has 0 saturated heterocycles. The van der Waals surface area contributed by atoms with E-state index in [0.717, 1.165) is 17.0 Å². The van der Waals surface area contributed by atoms with Gasteiger partial charge >= 0.3 is 0 Å². The summed E-state index contributed by atoms with van der Waals surface area (Å²) in [7, 11) is 0. The fourth-order valence-electron chi connectivity index (χ4n) is 1.60. The van der Waals surface area contributed by atoms with Crippen LogP contribution in [0.4, 0.5) is 0 Å². The van der Waals surface area contributed by atoms with Crippen LogP contribution < -0.4 is 5.73 Å². The lowest BCUT2D eigenvalue weighted by Crippen LogP contribution is -2.22. The van der Waals surface area contributed by atoms with E-state index in [1.165, 1.54) is 0 Å².